The molecule has 1 fully saturated rings. The van der Waals surface area contributed by atoms with E-state index in [1.165, 1.54) is 13.8 Å². The Morgan fingerprint density at radius 1 is 1.35 bits per heavy atom. The lowest BCUT2D eigenvalue weighted by molar-refractivity contribution is -0.148. The van der Waals surface area contributed by atoms with E-state index in [-0.39, 0.29) is 23.8 Å². The third kappa shape index (κ3) is 3.10. The summed E-state index contributed by atoms with van der Waals surface area (Å²) in [6, 6.07) is -0.415. The molecular weight excluding hydrogens is 273 g/mol. The van der Waals surface area contributed by atoms with E-state index in [1.54, 1.807) is 0 Å². The summed E-state index contributed by atoms with van der Waals surface area (Å²) in [5.74, 6) is -0.860. The van der Waals surface area contributed by atoms with Crippen molar-refractivity contribution in [3.63, 3.8) is 0 Å². The van der Waals surface area contributed by atoms with Gasteiger partial charge in [0.2, 0.25) is 11.7 Å². The minimum atomic E-state index is -4.51. The molecule has 0 unspecified atom stereocenters. The van der Waals surface area contributed by atoms with Crippen molar-refractivity contribution in [2.45, 2.75) is 57.8 Å². The second-order valence-corrected chi connectivity index (χ2v) is 5.16. The van der Waals surface area contributed by atoms with Crippen LogP contribution in [0.4, 0.5) is 13.2 Å². The van der Waals surface area contributed by atoms with Crippen LogP contribution >= 0.6 is 0 Å². The average molecular weight is 290 g/mol. The number of hydrogen-bond acceptors (Lipinski definition) is 3. The SMILES string of the molecule is CC(=O)N[C@H]1CCC[C@@H](n2c(C)nnc2C(F)(F)F)C1. The van der Waals surface area contributed by atoms with E-state index >= 15 is 0 Å². The number of nitrogens with one attached hydrogen (secondary N) is 1. The molecule has 0 bridgehead atoms. The largest absolute Gasteiger partial charge is 0.451 e. The Morgan fingerprint density at radius 2 is 2.05 bits per heavy atom. The van der Waals surface area contributed by atoms with Gasteiger partial charge in [-0.25, -0.2) is 0 Å². The molecule has 0 saturated heterocycles. The molecule has 20 heavy (non-hydrogen) atoms. The highest BCUT2D eigenvalue weighted by Crippen LogP contribution is 2.35. The Hall–Kier alpha value is -1.60. The molecule has 0 radical (unpaired) electrons. The van der Waals surface area contributed by atoms with Gasteiger partial charge in [0.25, 0.3) is 0 Å². The van der Waals surface area contributed by atoms with Crippen LogP contribution in [-0.2, 0) is 11.0 Å². The summed E-state index contributed by atoms with van der Waals surface area (Å²) in [7, 11) is 0. The number of aryl methyl sites for hydroxylation is 1. The third-order valence-electron chi connectivity index (χ3n) is 3.54. The van der Waals surface area contributed by atoms with Crippen molar-refractivity contribution in [1.29, 1.82) is 0 Å². The zero-order valence-electron chi connectivity index (χ0n) is 11.4. The molecule has 0 aliphatic heterocycles. The molecule has 1 aromatic rings. The molecule has 1 heterocycles. The van der Waals surface area contributed by atoms with Gasteiger partial charge in [-0.05, 0) is 32.6 Å². The van der Waals surface area contributed by atoms with E-state index < -0.39 is 12.0 Å². The van der Waals surface area contributed by atoms with Gasteiger partial charge in [0.15, 0.2) is 0 Å². The lowest BCUT2D eigenvalue weighted by Crippen LogP contribution is -2.38. The predicted octanol–water partition coefficient (Wildman–Crippen LogP) is 2.23. The summed E-state index contributed by atoms with van der Waals surface area (Å²) in [6.45, 7) is 2.93. The highest BCUT2D eigenvalue weighted by atomic mass is 19.4. The predicted molar refractivity (Wildman–Crippen MR) is 64.9 cm³/mol. The highest BCUT2D eigenvalue weighted by Gasteiger charge is 2.40. The maximum Gasteiger partial charge on any atom is 0.451 e. The number of amides is 1. The van der Waals surface area contributed by atoms with Gasteiger partial charge < -0.3 is 9.88 Å². The number of carbonyl (C=O) groups is 1. The minimum absolute atomic E-state index is 0.0888. The van der Waals surface area contributed by atoms with Gasteiger partial charge in [-0.2, -0.15) is 13.2 Å². The van der Waals surface area contributed by atoms with Crippen molar-refractivity contribution in [2.24, 2.45) is 0 Å². The Labute approximate surface area is 114 Å². The van der Waals surface area contributed by atoms with Crippen LogP contribution in [-0.4, -0.2) is 26.7 Å². The second kappa shape index (κ2) is 5.41. The first-order valence-electron chi connectivity index (χ1n) is 6.55. The molecule has 1 amide bonds. The number of nitrogens with zero attached hydrogens (tertiary/aromatic N) is 3. The molecule has 2 rings (SSSR count). The molecular formula is C12H17F3N4O. The number of rotatable bonds is 2. The number of halogens is 3. The van der Waals surface area contributed by atoms with E-state index in [0.29, 0.717) is 12.8 Å². The lowest BCUT2D eigenvalue weighted by atomic mass is 9.90. The summed E-state index contributed by atoms with van der Waals surface area (Å²) in [4.78, 5) is 11.1. The van der Waals surface area contributed by atoms with E-state index in [2.05, 4.69) is 15.5 Å². The summed E-state index contributed by atoms with van der Waals surface area (Å²) in [5, 5.41) is 9.58. The molecule has 5 nitrogen and oxygen atoms in total. The molecule has 1 aromatic heterocycles. The second-order valence-electron chi connectivity index (χ2n) is 5.16. The maximum atomic E-state index is 12.9. The summed E-state index contributed by atoms with van der Waals surface area (Å²) in [5.41, 5.74) is 0. The first-order valence-corrected chi connectivity index (χ1v) is 6.55. The van der Waals surface area contributed by atoms with Gasteiger partial charge in [0.1, 0.15) is 5.82 Å². The Morgan fingerprint density at radius 3 is 2.65 bits per heavy atom. The summed E-state index contributed by atoms with van der Waals surface area (Å²) >= 11 is 0. The minimum Gasteiger partial charge on any atom is -0.354 e. The third-order valence-corrected chi connectivity index (χ3v) is 3.54. The van der Waals surface area contributed by atoms with Crippen LogP contribution in [0.25, 0.3) is 0 Å². The van der Waals surface area contributed by atoms with Gasteiger partial charge >= 0.3 is 6.18 Å². The Bertz CT molecular complexity index is 497. The van der Waals surface area contributed by atoms with Gasteiger partial charge in [-0.15, -0.1) is 10.2 Å². The zero-order valence-corrected chi connectivity index (χ0v) is 11.4. The van der Waals surface area contributed by atoms with Crippen LogP contribution in [0.5, 0.6) is 0 Å². The molecule has 1 saturated carbocycles. The monoisotopic (exact) mass is 290 g/mol. The first-order chi connectivity index (χ1) is 9.29. The molecule has 2 atom stereocenters. The van der Waals surface area contributed by atoms with E-state index in [1.807, 2.05) is 0 Å². The van der Waals surface area contributed by atoms with Crippen molar-refractivity contribution in [3.05, 3.63) is 11.6 Å². The summed E-state index contributed by atoms with van der Waals surface area (Å²) < 4.78 is 40.0. The van der Waals surface area contributed by atoms with Crippen molar-refractivity contribution >= 4 is 5.91 Å². The molecule has 0 spiro atoms. The highest BCUT2D eigenvalue weighted by molar-refractivity contribution is 5.73. The first kappa shape index (κ1) is 14.8. The smallest absolute Gasteiger partial charge is 0.354 e. The van der Waals surface area contributed by atoms with Crippen LogP contribution in [0.1, 0.15) is 50.3 Å². The molecule has 8 heteroatoms. The fraction of sp³-hybridized carbons (Fsp3) is 0.750. The molecule has 112 valence electrons. The Balaban J connectivity index is 2.23. The maximum absolute atomic E-state index is 12.9. The van der Waals surface area contributed by atoms with Gasteiger partial charge in [-0.1, -0.05) is 0 Å². The zero-order chi connectivity index (χ0) is 14.9. The fourth-order valence-corrected chi connectivity index (χ4v) is 2.82. The normalized spacial score (nSPS) is 23.6. The van der Waals surface area contributed by atoms with Crippen LogP contribution in [0.15, 0.2) is 0 Å². The van der Waals surface area contributed by atoms with Crippen molar-refractivity contribution in [2.75, 3.05) is 0 Å². The van der Waals surface area contributed by atoms with Crippen LogP contribution in [0.3, 0.4) is 0 Å². The molecule has 0 aromatic carbocycles. The number of aromatic nitrogens is 3. The molecule has 1 aliphatic rings. The van der Waals surface area contributed by atoms with E-state index in [0.717, 1.165) is 17.4 Å². The van der Waals surface area contributed by atoms with Crippen LogP contribution in [0.2, 0.25) is 0 Å². The molecule has 1 N–H and O–H groups in total. The standard InChI is InChI=1S/C12H17F3N4O/c1-7-17-18-11(12(13,14)15)19(7)10-5-3-4-9(6-10)16-8(2)20/h9-10H,3-6H2,1-2H3,(H,16,20)/t9-,10+/m0/s1. The fourth-order valence-electron chi connectivity index (χ4n) is 2.82. The number of hydrogen-bond donors (Lipinski definition) is 1. The summed E-state index contributed by atoms with van der Waals surface area (Å²) in [6.07, 6.45) is -1.84. The van der Waals surface area contributed by atoms with Crippen LogP contribution < -0.4 is 5.32 Å². The van der Waals surface area contributed by atoms with Crippen molar-refractivity contribution < 1.29 is 18.0 Å². The van der Waals surface area contributed by atoms with Crippen molar-refractivity contribution in [3.8, 4) is 0 Å². The van der Waals surface area contributed by atoms with E-state index in [9.17, 15) is 18.0 Å². The van der Waals surface area contributed by atoms with E-state index in [4.69, 9.17) is 0 Å². The topological polar surface area (TPSA) is 59.8 Å². The number of alkyl halides is 3. The average Bonchev–Trinajstić information content (AvgIpc) is 2.70. The van der Waals surface area contributed by atoms with Crippen LogP contribution in [0, 0.1) is 6.92 Å². The van der Waals surface area contributed by atoms with Crippen molar-refractivity contribution in [1.82, 2.24) is 20.1 Å². The quantitative estimate of drug-likeness (QED) is 0.908. The lowest BCUT2D eigenvalue weighted by Gasteiger charge is -2.31. The van der Waals surface area contributed by atoms with Gasteiger partial charge in [0, 0.05) is 19.0 Å². The van der Waals surface area contributed by atoms with Gasteiger partial charge in [0.05, 0.1) is 0 Å². The Kier molecular flexibility index (Phi) is 4.01. The van der Waals surface area contributed by atoms with Gasteiger partial charge in [-0.3, -0.25) is 4.79 Å². The molecule has 1 aliphatic carbocycles. The number of carbonyl (C=O) groups excluding carboxylic acids is 1.